The normalized spacial score (nSPS) is 11.4. The second-order valence-corrected chi connectivity index (χ2v) is 7.98. The van der Waals surface area contributed by atoms with Gasteiger partial charge in [0.25, 0.3) is 11.8 Å². The maximum atomic E-state index is 12.8. The van der Waals surface area contributed by atoms with Gasteiger partial charge in [-0.3, -0.25) is 9.59 Å². The Morgan fingerprint density at radius 3 is 2.32 bits per heavy atom. The quantitative estimate of drug-likeness (QED) is 0.336. The molecule has 31 heavy (non-hydrogen) atoms. The summed E-state index contributed by atoms with van der Waals surface area (Å²) in [6, 6.07) is 18.4. The van der Waals surface area contributed by atoms with Crippen molar-refractivity contribution in [1.29, 1.82) is 0 Å². The zero-order chi connectivity index (χ0) is 22.2. The highest BCUT2D eigenvalue weighted by molar-refractivity contribution is 7.11. The summed E-state index contributed by atoms with van der Waals surface area (Å²) in [5.41, 5.74) is 5.96. The van der Waals surface area contributed by atoms with Crippen LogP contribution >= 0.6 is 11.3 Å². The molecule has 0 atom stereocenters. The highest BCUT2D eigenvalue weighted by atomic mass is 32.1. The summed E-state index contributed by atoms with van der Waals surface area (Å²) >= 11 is 1.53. The third kappa shape index (κ3) is 6.13. The first-order valence-corrected chi connectivity index (χ1v) is 10.5. The summed E-state index contributed by atoms with van der Waals surface area (Å²) in [5.74, 6) is -0.878. The number of aryl methyl sites for hydroxylation is 1. The van der Waals surface area contributed by atoms with Crippen molar-refractivity contribution in [3.05, 3.63) is 93.3 Å². The van der Waals surface area contributed by atoms with Crippen molar-refractivity contribution in [2.75, 3.05) is 19.0 Å². The molecule has 0 aliphatic rings. The summed E-state index contributed by atoms with van der Waals surface area (Å²) < 4.78 is 0. The van der Waals surface area contributed by atoms with E-state index in [1.54, 1.807) is 36.6 Å². The molecule has 0 radical (unpaired) electrons. The Bertz CT molecular complexity index is 1100. The second kappa shape index (κ2) is 10.4. The molecule has 0 bridgehead atoms. The second-order valence-electron chi connectivity index (χ2n) is 7.03. The molecular formula is C24H24N4O2S. The number of hydrazone groups is 1. The van der Waals surface area contributed by atoms with Gasteiger partial charge in [0.1, 0.15) is 5.70 Å². The standard InChI is InChI=1S/C24H24N4O2S/c1-17-13-14-31-22(17)16-25-27-24(30)21(26-23(29)19-7-5-4-6-8-19)15-18-9-11-20(12-10-18)28(2)3/h4-16H,1-3H3,(H,26,29)(H,27,30). The fourth-order valence-electron chi connectivity index (χ4n) is 2.70. The molecule has 0 fully saturated rings. The van der Waals surface area contributed by atoms with E-state index in [2.05, 4.69) is 15.8 Å². The van der Waals surface area contributed by atoms with Crippen LogP contribution in [0.2, 0.25) is 0 Å². The van der Waals surface area contributed by atoms with E-state index in [0.717, 1.165) is 21.7 Å². The van der Waals surface area contributed by atoms with Crippen molar-refractivity contribution in [2.24, 2.45) is 5.10 Å². The summed E-state index contributed by atoms with van der Waals surface area (Å²) in [6.45, 7) is 1.97. The lowest BCUT2D eigenvalue weighted by molar-refractivity contribution is -0.117. The topological polar surface area (TPSA) is 73.8 Å². The van der Waals surface area contributed by atoms with Gasteiger partial charge in [0, 0.05) is 30.2 Å². The molecular weight excluding hydrogens is 408 g/mol. The smallest absolute Gasteiger partial charge is 0.287 e. The average Bonchev–Trinajstić information content (AvgIpc) is 3.18. The van der Waals surface area contributed by atoms with Crippen LogP contribution in [0.15, 0.2) is 76.8 Å². The van der Waals surface area contributed by atoms with Gasteiger partial charge in [0.15, 0.2) is 0 Å². The lowest BCUT2D eigenvalue weighted by Gasteiger charge is -2.12. The first-order valence-electron chi connectivity index (χ1n) is 9.67. The predicted molar refractivity (Wildman–Crippen MR) is 127 cm³/mol. The molecule has 2 amide bonds. The third-order valence-electron chi connectivity index (χ3n) is 4.50. The maximum absolute atomic E-state index is 12.8. The minimum absolute atomic E-state index is 0.103. The van der Waals surface area contributed by atoms with E-state index in [0.29, 0.717) is 5.56 Å². The van der Waals surface area contributed by atoms with Crippen LogP contribution in [0.4, 0.5) is 5.69 Å². The molecule has 6 nitrogen and oxygen atoms in total. The molecule has 2 aromatic carbocycles. The van der Waals surface area contributed by atoms with Crippen LogP contribution in [0, 0.1) is 6.92 Å². The molecule has 0 aliphatic heterocycles. The van der Waals surface area contributed by atoms with Gasteiger partial charge in [0.05, 0.1) is 6.21 Å². The van der Waals surface area contributed by atoms with Crippen LogP contribution in [-0.2, 0) is 4.79 Å². The van der Waals surface area contributed by atoms with Crippen LogP contribution in [0.3, 0.4) is 0 Å². The van der Waals surface area contributed by atoms with E-state index < -0.39 is 5.91 Å². The Balaban J connectivity index is 1.82. The van der Waals surface area contributed by atoms with E-state index in [1.807, 2.05) is 67.7 Å². The monoisotopic (exact) mass is 432 g/mol. The number of nitrogens with zero attached hydrogens (tertiary/aromatic N) is 2. The van der Waals surface area contributed by atoms with Crippen LogP contribution in [0.1, 0.15) is 26.4 Å². The highest BCUT2D eigenvalue weighted by Gasteiger charge is 2.14. The summed E-state index contributed by atoms with van der Waals surface area (Å²) in [6.07, 6.45) is 3.22. The molecule has 7 heteroatoms. The van der Waals surface area contributed by atoms with E-state index in [4.69, 9.17) is 0 Å². The van der Waals surface area contributed by atoms with Crippen molar-refractivity contribution in [3.8, 4) is 0 Å². The number of thiophene rings is 1. The molecule has 0 unspecified atom stereocenters. The fraction of sp³-hybridized carbons (Fsp3) is 0.125. The third-order valence-corrected chi connectivity index (χ3v) is 5.45. The number of anilines is 1. The Hall–Kier alpha value is -3.71. The van der Waals surface area contributed by atoms with Crippen LogP contribution < -0.4 is 15.6 Å². The number of rotatable bonds is 7. The van der Waals surface area contributed by atoms with Gasteiger partial charge in [-0.15, -0.1) is 11.3 Å². The molecule has 0 aliphatic carbocycles. The largest absolute Gasteiger partial charge is 0.378 e. The molecule has 3 rings (SSSR count). The zero-order valence-electron chi connectivity index (χ0n) is 17.6. The van der Waals surface area contributed by atoms with E-state index >= 15 is 0 Å². The number of nitrogens with one attached hydrogen (secondary N) is 2. The number of hydrogen-bond acceptors (Lipinski definition) is 5. The average molecular weight is 433 g/mol. The molecule has 1 aromatic heterocycles. The Labute approximate surface area is 185 Å². The van der Waals surface area contributed by atoms with Crippen LogP contribution in [0.5, 0.6) is 0 Å². The molecule has 2 N–H and O–H groups in total. The van der Waals surface area contributed by atoms with Crippen molar-refractivity contribution in [1.82, 2.24) is 10.7 Å². The van der Waals surface area contributed by atoms with Gasteiger partial charge in [0.2, 0.25) is 0 Å². The number of carbonyl (C=O) groups is 2. The molecule has 3 aromatic rings. The van der Waals surface area contributed by atoms with Gasteiger partial charge >= 0.3 is 0 Å². The fourth-order valence-corrected chi connectivity index (χ4v) is 3.49. The van der Waals surface area contributed by atoms with E-state index in [9.17, 15) is 9.59 Å². The maximum Gasteiger partial charge on any atom is 0.287 e. The first-order chi connectivity index (χ1) is 14.9. The SMILES string of the molecule is Cc1ccsc1C=NNC(=O)C(=Cc1ccc(N(C)C)cc1)NC(=O)c1ccccc1. The Morgan fingerprint density at radius 2 is 1.71 bits per heavy atom. The van der Waals surface area contributed by atoms with Crippen molar-refractivity contribution >= 4 is 41.1 Å². The number of hydrogen-bond donors (Lipinski definition) is 2. The summed E-state index contributed by atoms with van der Waals surface area (Å²) in [4.78, 5) is 28.4. The van der Waals surface area contributed by atoms with Gasteiger partial charge in [-0.25, -0.2) is 5.43 Å². The Morgan fingerprint density at radius 1 is 1.00 bits per heavy atom. The lowest BCUT2D eigenvalue weighted by Crippen LogP contribution is -2.32. The zero-order valence-corrected chi connectivity index (χ0v) is 18.4. The minimum Gasteiger partial charge on any atom is -0.378 e. The van der Waals surface area contributed by atoms with E-state index in [1.165, 1.54) is 11.3 Å². The van der Waals surface area contributed by atoms with Gasteiger partial charge in [-0.1, -0.05) is 30.3 Å². The molecule has 0 saturated carbocycles. The summed E-state index contributed by atoms with van der Waals surface area (Å²) in [5, 5.41) is 8.70. The first kappa shape index (κ1) is 22.0. The van der Waals surface area contributed by atoms with Gasteiger partial charge < -0.3 is 10.2 Å². The minimum atomic E-state index is -0.508. The van der Waals surface area contributed by atoms with Crippen molar-refractivity contribution < 1.29 is 9.59 Å². The van der Waals surface area contributed by atoms with Crippen LogP contribution in [-0.4, -0.2) is 32.1 Å². The van der Waals surface area contributed by atoms with Crippen molar-refractivity contribution in [2.45, 2.75) is 6.92 Å². The molecule has 0 spiro atoms. The number of carbonyl (C=O) groups excluding carboxylic acids is 2. The number of amides is 2. The van der Waals surface area contributed by atoms with E-state index in [-0.39, 0.29) is 11.6 Å². The van der Waals surface area contributed by atoms with Crippen molar-refractivity contribution in [3.63, 3.8) is 0 Å². The summed E-state index contributed by atoms with van der Waals surface area (Å²) in [7, 11) is 3.91. The Kier molecular flexibility index (Phi) is 7.35. The lowest BCUT2D eigenvalue weighted by atomic mass is 10.1. The molecule has 0 saturated heterocycles. The van der Waals surface area contributed by atoms with Crippen LogP contribution in [0.25, 0.3) is 6.08 Å². The molecule has 158 valence electrons. The highest BCUT2D eigenvalue weighted by Crippen LogP contribution is 2.15. The predicted octanol–water partition coefficient (Wildman–Crippen LogP) is 4.04. The number of benzene rings is 2. The van der Waals surface area contributed by atoms with Gasteiger partial charge in [-0.05, 0) is 59.8 Å². The van der Waals surface area contributed by atoms with Gasteiger partial charge in [-0.2, -0.15) is 5.10 Å². The molecule has 1 heterocycles.